The normalized spacial score (nSPS) is 10.2. The molecule has 0 aliphatic carbocycles. The molecule has 1 heterocycles. The van der Waals surface area contributed by atoms with E-state index in [-0.39, 0.29) is 17.8 Å². The Labute approximate surface area is 140 Å². The second kappa shape index (κ2) is 8.72. The Balaban J connectivity index is 3.25. The number of carbonyl (C=O) groups is 3. The summed E-state index contributed by atoms with van der Waals surface area (Å²) in [5.41, 5.74) is 0.242. The van der Waals surface area contributed by atoms with Crippen molar-refractivity contribution in [2.24, 2.45) is 5.92 Å². The maximum atomic E-state index is 12.5. The van der Waals surface area contributed by atoms with Crippen LogP contribution in [-0.2, 0) is 19.1 Å². The Hall–Kier alpha value is -2.82. The van der Waals surface area contributed by atoms with Gasteiger partial charge in [0.15, 0.2) is 0 Å². The maximum absolute atomic E-state index is 12.5. The molecule has 0 saturated carbocycles. The minimum atomic E-state index is -0.683. The van der Waals surface area contributed by atoms with Gasteiger partial charge < -0.3 is 9.47 Å². The highest BCUT2D eigenvalue weighted by Gasteiger charge is 2.25. The lowest BCUT2D eigenvalue weighted by Gasteiger charge is -2.26. The Morgan fingerprint density at radius 2 is 1.96 bits per heavy atom. The lowest BCUT2D eigenvalue weighted by molar-refractivity contribution is -0.143. The summed E-state index contributed by atoms with van der Waals surface area (Å²) in [7, 11) is 2.40. The molecule has 0 aliphatic rings. The number of rotatable bonds is 7. The summed E-state index contributed by atoms with van der Waals surface area (Å²) in [6, 6.07) is 3.25. The Morgan fingerprint density at radius 1 is 1.29 bits per heavy atom. The smallest absolute Gasteiger partial charge is 0.356 e. The van der Waals surface area contributed by atoms with Crippen molar-refractivity contribution >= 4 is 17.8 Å². The first kappa shape index (κ1) is 19.2. The van der Waals surface area contributed by atoms with Gasteiger partial charge in [0.2, 0.25) is 0 Å². The molecule has 0 aliphatic heterocycles. The third-order valence-corrected chi connectivity index (χ3v) is 3.31. The first-order valence-electron chi connectivity index (χ1n) is 7.42. The van der Waals surface area contributed by atoms with Gasteiger partial charge in [-0.1, -0.05) is 13.8 Å². The molecule has 0 saturated heterocycles. The van der Waals surface area contributed by atoms with E-state index < -0.39 is 24.3 Å². The molecule has 0 unspecified atom stereocenters. The molecule has 1 amide bonds. The van der Waals surface area contributed by atoms with E-state index in [1.54, 1.807) is 0 Å². The molecule has 0 fully saturated rings. The van der Waals surface area contributed by atoms with E-state index >= 15 is 0 Å². The molecule has 1 aromatic rings. The molecule has 0 radical (unpaired) electrons. The number of amides is 1. The first-order valence-corrected chi connectivity index (χ1v) is 7.42. The summed E-state index contributed by atoms with van der Waals surface area (Å²) in [6.45, 7) is 4.25. The van der Waals surface area contributed by atoms with Crippen LogP contribution in [0, 0.1) is 17.2 Å². The van der Waals surface area contributed by atoms with Crippen LogP contribution >= 0.6 is 0 Å². The zero-order valence-electron chi connectivity index (χ0n) is 14.2. The molecule has 8 nitrogen and oxygen atoms in total. The van der Waals surface area contributed by atoms with Crippen LogP contribution in [0.4, 0.5) is 0 Å². The summed E-state index contributed by atoms with van der Waals surface area (Å²) < 4.78 is 10.5. The number of carbonyl (C=O) groups excluding carboxylic acids is 3. The zero-order valence-corrected chi connectivity index (χ0v) is 14.2. The highest BCUT2D eigenvalue weighted by Crippen LogP contribution is 2.13. The Morgan fingerprint density at radius 3 is 2.46 bits per heavy atom. The van der Waals surface area contributed by atoms with Crippen molar-refractivity contribution in [1.29, 1.82) is 5.26 Å². The fourth-order valence-corrected chi connectivity index (χ4v) is 1.99. The molecule has 0 spiro atoms. The Bertz CT molecular complexity index is 657. The van der Waals surface area contributed by atoms with E-state index in [0.717, 1.165) is 0 Å². The van der Waals surface area contributed by atoms with Crippen molar-refractivity contribution in [3.63, 3.8) is 0 Å². The number of nitrogens with zero attached hydrogens (tertiary/aromatic N) is 3. The highest BCUT2D eigenvalue weighted by molar-refractivity contribution is 6.00. The number of nitriles is 1. The van der Waals surface area contributed by atoms with Gasteiger partial charge in [0, 0.05) is 12.7 Å². The lowest BCUT2D eigenvalue weighted by atomic mass is 10.1. The topological polar surface area (TPSA) is 102 Å². The number of aromatic nitrogens is 1. The van der Waals surface area contributed by atoms with Crippen molar-refractivity contribution in [2.75, 3.05) is 25.8 Å². The summed E-state index contributed by atoms with van der Waals surface area (Å²) in [6.07, 6.45) is 1.55. The van der Waals surface area contributed by atoms with Gasteiger partial charge in [0.05, 0.1) is 19.8 Å². The van der Waals surface area contributed by atoms with E-state index in [0.29, 0.717) is 12.3 Å². The third kappa shape index (κ3) is 4.84. The van der Waals surface area contributed by atoms with Gasteiger partial charge in [0.25, 0.3) is 5.91 Å². The van der Waals surface area contributed by atoms with Crippen LogP contribution in [-0.4, -0.2) is 43.3 Å². The number of hydrogen-bond acceptors (Lipinski definition) is 6. The largest absolute Gasteiger partial charge is 0.469 e. The number of esters is 2. The minimum absolute atomic E-state index is 0.0380. The molecule has 24 heavy (non-hydrogen) atoms. The van der Waals surface area contributed by atoms with Gasteiger partial charge in [-0.25, -0.2) is 14.5 Å². The fraction of sp³-hybridized carbons (Fsp3) is 0.500. The van der Waals surface area contributed by atoms with Crippen molar-refractivity contribution in [1.82, 2.24) is 4.68 Å². The third-order valence-electron chi connectivity index (χ3n) is 3.31. The molecule has 1 rings (SSSR count). The molecule has 0 N–H and O–H groups in total. The maximum Gasteiger partial charge on any atom is 0.356 e. The van der Waals surface area contributed by atoms with Crippen LogP contribution < -0.4 is 5.01 Å². The van der Waals surface area contributed by atoms with E-state index in [1.807, 2.05) is 19.9 Å². The predicted octanol–water partition coefficient (Wildman–Crippen LogP) is 1.22. The standard InChI is InChI=1S/C16H21N3O5/c1-11(2)5-6-18(14(20)8-15(21)23-3)19-10-12(9-17)7-13(19)16(22)24-4/h7,10-11H,5-6,8H2,1-4H3. The molecule has 130 valence electrons. The molecule has 0 bridgehead atoms. The average Bonchev–Trinajstić information content (AvgIpc) is 2.97. The van der Waals surface area contributed by atoms with Gasteiger partial charge in [-0.15, -0.1) is 0 Å². The van der Waals surface area contributed by atoms with Crippen molar-refractivity contribution in [2.45, 2.75) is 26.7 Å². The van der Waals surface area contributed by atoms with Crippen LogP contribution in [0.5, 0.6) is 0 Å². The molecular weight excluding hydrogens is 314 g/mol. The highest BCUT2D eigenvalue weighted by atomic mass is 16.5. The number of hydrogen-bond donors (Lipinski definition) is 0. The van der Waals surface area contributed by atoms with Crippen molar-refractivity contribution in [3.05, 3.63) is 23.5 Å². The SMILES string of the molecule is COC(=O)CC(=O)N(CCC(C)C)n1cc(C#N)cc1C(=O)OC. The number of methoxy groups -OCH3 is 2. The van der Waals surface area contributed by atoms with Crippen LogP contribution in [0.1, 0.15) is 42.7 Å². The van der Waals surface area contributed by atoms with Gasteiger partial charge in [-0.05, 0) is 18.4 Å². The van der Waals surface area contributed by atoms with Crippen LogP contribution in [0.25, 0.3) is 0 Å². The molecule has 1 aromatic heterocycles. The zero-order chi connectivity index (χ0) is 18.3. The van der Waals surface area contributed by atoms with E-state index in [1.165, 1.54) is 36.2 Å². The quantitative estimate of drug-likeness (QED) is 0.548. The lowest BCUT2D eigenvalue weighted by Crippen LogP contribution is -2.43. The van der Waals surface area contributed by atoms with E-state index in [2.05, 4.69) is 4.74 Å². The summed E-state index contributed by atoms with van der Waals surface area (Å²) in [5, 5.41) is 10.3. The van der Waals surface area contributed by atoms with E-state index in [9.17, 15) is 14.4 Å². The van der Waals surface area contributed by atoms with Crippen LogP contribution in [0.15, 0.2) is 12.3 Å². The first-order chi connectivity index (χ1) is 11.3. The van der Waals surface area contributed by atoms with Gasteiger partial charge >= 0.3 is 11.9 Å². The van der Waals surface area contributed by atoms with Gasteiger partial charge in [-0.2, -0.15) is 5.26 Å². The van der Waals surface area contributed by atoms with Crippen molar-refractivity contribution < 1.29 is 23.9 Å². The number of ether oxygens (including phenoxy) is 2. The van der Waals surface area contributed by atoms with Gasteiger partial charge in [-0.3, -0.25) is 9.59 Å². The van der Waals surface area contributed by atoms with E-state index in [4.69, 9.17) is 10.00 Å². The summed E-state index contributed by atoms with van der Waals surface area (Å²) in [4.78, 5) is 35.8. The van der Waals surface area contributed by atoms with Crippen LogP contribution in [0.2, 0.25) is 0 Å². The molecule has 8 heteroatoms. The monoisotopic (exact) mass is 335 g/mol. The molecule has 0 atom stereocenters. The van der Waals surface area contributed by atoms with Crippen molar-refractivity contribution in [3.8, 4) is 6.07 Å². The van der Waals surface area contributed by atoms with Gasteiger partial charge in [0.1, 0.15) is 18.2 Å². The van der Waals surface area contributed by atoms with Crippen LogP contribution in [0.3, 0.4) is 0 Å². The Kier molecular flexibility index (Phi) is 6.98. The molecule has 0 aromatic carbocycles. The fourth-order valence-electron chi connectivity index (χ4n) is 1.99. The molecular formula is C16H21N3O5. The second-order valence-corrected chi connectivity index (χ2v) is 5.51. The predicted molar refractivity (Wildman–Crippen MR) is 84.7 cm³/mol. The minimum Gasteiger partial charge on any atom is -0.469 e. The summed E-state index contributed by atoms with van der Waals surface area (Å²) in [5.74, 6) is -1.60. The second-order valence-electron chi connectivity index (χ2n) is 5.51. The summed E-state index contributed by atoms with van der Waals surface area (Å²) >= 11 is 0. The average molecular weight is 335 g/mol.